The molecule has 1 atom stereocenters. The van der Waals surface area contributed by atoms with Crippen LogP contribution in [0.25, 0.3) is 0 Å². The SMILES string of the molecule is CC1N=C(NCc2ccccc2Cl)NC(N(C)C)=N1. The van der Waals surface area contributed by atoms with Gasteiger partial charge in [-0.05, 0) is 18.6 Å². The molecular weight excluding hydrogens is 262 g/mol. The van der Waals surface area contributed by atoms with E-state index < -0.39 is 0 Å². The van der Waals surface area contributed by atoms with Crippen molar-refractivity contribution in [1.82, 2.24) is 15.5 Å². The van der Waals surface area contributed by atoms with Gasteiger partial charge in [0.05, 0.1) is 0 Å². The Kier molecular flexibility index (Phi) is 4.27. The molecule has 1 heterocycles. The van der Waals surface area contributed by atoms with Crippen molar-refractivity contribution in [3.63, 3.8) is 0 Å². The summed E-state index contributed by atoms with van der Waals surface area (Å²) in [5.41, 5.74) is 1.04. The van der Waals surface area contributed by atoms with Gasteiger partial charge in [-0.2, -0.15) is 0 Å². The molecule has 0 amide bonds. The highest BCUT2D eigenvalue weighted by atomic mass is 35.5. The van der Waals surface area contributed by atoms with Gasteiger partial charge < -0.3 is 10.2 Å². The summed E-state index contributed by atoms with van der Waals surface area (Å²) in [5, 5.41) is 7.14. The van der Waals surface area contributed by atoms with Crippen LogP contribution in [-0.4, -0.2) is 37.1 Å². The molecule has 2 rings (SSSR count). The van der Waals surface area contributed by atoms with Gasteiger partial charge in [0.25, 0.3) is 0 Å². The van der Waals surface area contributed by atoms with Crippen LogP contribution in [0.15, 0.2) is 34.3 Å². The second kappa shape index (κ2) is 5.93. The van der Waals surface area contributed by atoms with Crippen LogP contribution in [-0.2, 0) is 6.54 Å². The Bertz CT molecular complexity index is 510. The lowest BCUT2D eigenvalue weighted by Crippen LogP contribution is -2.49. The molecular formula is C13H18ClN5. The number of guanidine groups is 2. The van der Waals surface area contributed by atoms with E-state index in [4.69, 9.17) is 11.6 Å². The molecule has 19 heavy (non-hydrogen) atoms. The fourth-order valence-corrected chi connectivity index (χ4v) is 1.90. The lowest BCUT2D eigenvalue weighted by atomic mass is 10.2. The van der Waals surface area contributed by atoms with Crippen LogP contribution in [0.2, 0.25) is 5.02 Å². The maximum absolute atomic E-state index is 6.12. The van der Waals surface area contributed by atoms with Crippen molar-refractivity contribution in [1.29, 1.82) is 0 Å². The van der Waals surface area contributed by atoms with E-state index in [0.29, 0.717) is 12.5 Å². The predicted octanol–water partition coefficient (Wildman–Crippen LogP) is 1.65. The summed E-state index contributed by atoms with van der Waals surface area (Å²) in [4.78, 5) is 10.7. The topological polar surface area (TPSA) is 52.0 Å². The Morgan fingerprint density at radius 1 is 1.32 bits per heavy atom. The van der Waals surface area contributed by atoms with Crippen molar-refractivity contribution in [2.24, 2.45) is 9.98 Å². The molecule has 0 saturated carbocycles. The first-order valence-corrected chi connectivity index (χ1v) is 6.51. The van der Waals surface area contributed by atoms with Crippen LogP contribution >= 0.6 is 11.6 Å². The van der Waals surface area contributed by atoms with Crippen LogP contribution in [0.3, 0.4) is 0 Å². The molecule has 0 spiro atoms. The Hall–Kier alpha value is -1.75. The highest BCUT2D eigenvalue weighted by molar-refractivity contribution is 6.31. The third-order valence-electron chi connectivity index (χ3n) is 2.68. The van der Waals surface area contributed by atoms with E-state index in [1.807, 2.05) is 50.2 Å². The Labute approximate surface area is 118 Å². The minimum atomic E-state index is -0.0904. The van der Waals surface area contributed by atoms with E-state index in [2.05, 4.69) is 20.6 Å². The predicted molar refractivity (Wildman–Crippen MR) is 79.4 cm³/mol. The van der Waals surface area contributed by atoms with Crippen molar-refractivity contribution < 1.29 is 0 Å². The fourth-order valence-electron chi connectivity index (χ4n) is 1.70. The van der Waals surface area contributed by atoms with Gasteiger partial charge in [0.1, 0.15) is 6.17 Å². The average molecular weight is 280 g/mol. The second-order valence-corrected chi connectivity index (χ2v) is 4.93. The lowest BCUT2D eigenvalue weighted by molar-refractivity contribution is 0.577. The van der Waals surface area contributed by atoms with Gasteiger partial charge in [0.2, 0.25) is 11.9 Å². The number of rotatable bonds is 2. The Morgan fingerprint density at radius 3 is 2.74 bits per heavy atom. The number of halogens is 1. The van der Waals surface area contributed by atoms with E-state index in [9.17, 15) is 0 Å². The molecule has 0 radical (unpaired) electrons. The summed E-state index contributed by atoms with van der Waals surface area (Å²) < 4.78 is 0. The van der Waals surface area contributed by atoms with E-state index in [1.165, 1.54) is 0 Å². The van der Waals surface area contributed by atoms with E-state index in [-0.39, 0.29) is 6.17 Å². The fraction of sp³-hybridized carbons (Fsp3) is 0.385. The van der Waals surface area contributed by atoms with Crippen molar-refractivity contribution in [3.05, 3.63) is 34.9 Å². The van der Waals surface area contributed by atoms with E-state index in [0.717, 1.165) is 16.5 Å². The second-order valence-electron chi connectivity index (χ2n) is 4.53. The normalized spacial score (nSPS) is 18.2. The molecule has 0 aliphatic carbocycles. The molecule has 102 valence electrons. The van der Waals surface area contributed by atoms with Crippen LogP contribution in [0, 0.1) is 0 Å². The van der Waals surface area contributed by atoms with Gasteiger partial charge >= 0.3 is 0 Å². The molecule has 1 aromatic rings. The maximum atomic E-state index is 6.12. The van der Waals surface area contributed by atoms with Crippen LogP contribution in [0.4, 0.5) is 0 Å². The Balaban J connectivity index is 1.99. The molecule has 1 aromatic carbocycles. The molecule has 0 bridgehead atoms. The minimum absolute atomic E-state index is 0.0904. The summed E-state index contributed by atoms with van der Waals surface area (Å²) >= 11 is 6.12. The van der Waals surface area contributed by atoms with Gasteiger partial charge in [-0.25, -0.2) is 9.98 Å². The minimum Gasteiger partial charge on any atom is -0.352 e. The monoisotopic (exact) mass is 279 g/mol. The number of aliphatic imine (C=N–C) groups is 2. The van der Waals surface area contributed by atoms with Crippen molar-refractivity contribution in [3.8, 4) is 0 Å². The maximum Gasteiger partial charge on any atom is 0.202 e. The van der Waals surface area contributed by atoms with Crippen molar-refractivity contribution in [2.45, 2.75) is 19.6 Å². The average Bonchev–Trinajstić information content (AvgIpc) is 2.37. The van der Waals surface area contributed by atoms with Gasteiger partial charge in [-0.15, -0.1) is 0 Å². The Morgan fingerprint density at radius 2 is 2.05 bits per heavy atom. The van der Waals surface area contributed by atoms with Gasteiger partial charge in [-0.1, -0.05) is 29.8 Å². The number of benzene rings is 1. The molecule has 2 N–H and O–H groups in total. The first-order chi connectivity index (χ1) is 9.06. The zero-order valence-corrected chi connectivity index (χ0v) is 12.1. The quantitative estimate of drug-likeness (QED) is 0.866. The number of hydrogen-bond donors (Lipinski definition) is 2. The summed E-state index contributed by atoms with van der Waals surface area (Å²) in [5.74, 6) is 1.51. The lowest BCUT2D eigenvalue weighted by Gasteiger charge is -2.24. The molecule has 1 aliphatic heterocycles. The highest BCUT2D eigenvalue weighted by Gasteiger charge is 2.14. The summed E-state index contributed by atoms with van der Waals surface area (Å²) in [6.45, 7) is 2.57. The van der Waals surface area contributed by atoms with Crippen LogP contribution in [0.1, 0.15) is 12.5 Å². The zero-order chi connectivity index (χ0) is 13.8. The first-order valence-electron chi connectivity index (χ1n) is 6.13. The summed E-state index contributed by atoms with van der Waals surface area (Å²) in [7, 11) is 3.88. The van der Waals surface area contributed by atoms with E-state index >= 15 is 0 Å². The molecule has 0 saturated heterocycles. The molecule has 1 unspecified atom stereocenters. The standard InChI is InChI=1S/C13H18ClN5/c1-9-16-12(18-13(17-9)19(2)3)15-8-10-6-4-5-7-11(10)14/h4-7,9H,8H2,1-3H3,(H2,15,16,17,18). The zero-order valence-electron chi connectivity index (χ0n) is 11.3. The van der Waals surface area contributed by atoms with Gasteiger partial charge in [0, 0.05) is 25.7 Å². The highest BCUT2D eigenvalue weighted by Crippen LogP contribution is 2.14. The number of hydrogen-bond acceptors (Lipinski definition) is 5. The summed E-state index contributed by atoms with van der Waals surface area (Å²) in [6.07, 6.45) is -0.0904. The van der Waals surface area contributed by atoms with Crippen LogP contribution < -0.4 is 10.6 Å². The molecule has 0 fully saturated rings. The van der Waals surface area contributed by atoms with Crippen molar-refractivity contribution >= 4 is 23.5 Å². The number of nitrogens with zero attached hydrogens (tertiary/aromatic N) is 3. The molecule has 5 nitrogen and oxygen atoms in total. The van der Waals surface area contributed by atoms with E-state index in [1.54, 1.807) is 0 Å². The largest absolute Gasteiger partial charge is 0.352 e. The molecule has 0 aromatic heterocycles. The van der Waals surface area contributed by atoms with Gasteiger partial charge in [-0.3, -0.25) is 5.32 Å². The van der Waals surface area contributed by atoms with Gasteiger partial charge in [0.15, 0.2) is 0 Å². The molecule has 6 heteroatoms. The third-order valence-corrected chi connectivity index (χ3v) is 3.05. The molecule has 1 aliphatic rings. The van der Waals surface area contributed by atoms with Crippen molar-refractivity contribution in [2.75, 3.05) is 14.1 Å². The number of nitrogens with one attached hydrogen (secondary N) is 2. The third kappa shape index (κ3) is 3.61. The smallest absolute Gasteiger partial charge is 0.202 e. The first kappa shape index (κ1) is 13.7. The van der Waals surface area contributed by atoms with Crippen LogP contribution in [0.5, 0.6) is 0 Å². The summed E-state index contributed by atoms with van der Waals surface area (Å²) in [6, 6.07) is 7.75.